The van der Waals surface area contributed by atoms with Crippen LogP contribution in [0.3, 0.4) is 0 Å². The highest BCUT2D eigenvalue weighted by Crippen LogP contribution is 2.38. The van der Waals surface area contributed by atoms with Crippen LogP contribution < -0.4 is 4.57 Å². The van der Waals surface area contributed by atoms with Gasteiger partial charge in [0.1, 0.15) is 12.1 Å². The third-order valence-electron chi connectivity index (χ3n) is 4.57. The summed E-state index contributed by atoms with van der Waals surface area (Å²) in [5, 5.41) is 6.68. The molecule has 0 bridgehead atoms. The van der Waals surface area contributed by atoms with Gasteiger partial charge in [-0.2, -0.15) is 0 Å². The highest BCUT2D eigenvalue weighted by Gasteiger charge is 2.25. The summed E-state index contributed by atoms with van der Waals surface area (Å²) in [5.74, 6) is 0. The van der Waals surface area contributed by atoms with Crippen molar-refractivity contribution in [1.82, 2.24) is 4.98 Å². The predicted octanol–water partition coefficient (Wildman–Crippen LogP) is 3.50. The van der Waals surface area contributed by atoms with E-state index in [9.17, 15) is 0 Å². The maximum atomic E-state index is 4.43. The predicted molar refractivity (Wildman–Crippen MR) is 80.8 cm³/mol. The normalized spacial score (nSPS) is 13.1. The Balaban J connectivity index is 2.26. The lowest BCUT2D eigenvalue weighted by Crippen LogP contribution is -2.31. The largest absolute Gasteiger partial charge is 0.286 e. The number of benzene rings is 3. The Labute approximate surface area is 116 Å². The van der Waals surface area contributed by atoms with E-state index in [1.165, 1.54) is 43.6 Å². The van der Waals surface area contributed by atoms with E-state index in [0.717, 1.165) is 6.54 Å². The summed E-state index contributed by atoms with van der Waals surface area (Å²) in [6.07, 6.45) is 3.96. The van der Waals surface area contributed by atoms with E-state index in [1.807, 2.05) is 12.5 Å². The van der Waals surface area contributed by atoms with E-state index in [0.29, 0.717) is 0 Å². The van der Waals surface area contributed by atoms with Gasteiger partial charge in [0.25, 0.3) is 6.33 Å². The molecule has 3 aromatic carbocycles. The first-order valence-corrected chi connectivity index (χ1v) is 6.94. The van der Waals surface area contributed by atoms with Gasteiger partial charge in [-0.15, -0.1) is 0 Å². The number of aromatic nitrogens is 2. The number of fused-ring (bicyclic) bond motifs is 3. The highest BCUT2D eigenvalue weighted by molar-refractivity contribution is 6.24. The molecule has 1 aliphatic heterocycles. The standard InChI is InChI=1S/C18H13N2/c1-11-6-7-14-12-4-2-3-5-13(12)15-8-19-10-20-9-16(11)17(14)18(15)20/h2-8,10H,9H2,1H3/q+1. The Hall–Kier alpha value is -2.48. The Bertz CT molecular complexity index is 1030. The summed E-state index contributed by atoms with van der Waals surface area (Å²) < 4.78 is 2.28. The fourth-order valence-corrected chi connectivity index (χ4v) is 3.63. The first kappa shape index (κ1) is 10.3. The Kier molecular flexibility index (Phi) is 1.72. The van der Waals surface area contributed by atoms with E-state index in [-0.39, 0.29) is 0 Å². The zero-order chi connectivity index (χ0) is 13.3. The molecular weight excluding hydrogens is 244 g/mol. The SMILES string of the molecule is Cc1ccc2c3ccccc3c3cnc[n+]4c3c2c1C4. The second-order valence-corrected chi connectivity index (χ2v) is 5.61. The first-order valence-electron chi connectivity index (χ1n) is 6.94. The van der Waals surface area contributed by atoms with Crippen molar-refractivity contribution in [3.05, 3.63) is 60.0 Å². The van der Waals surface area contributed by atoms with E-state index in [2.05, 4.69) is 52.9 Å². The van der Waals surface area contributed by atoms with Gasteiger partial charge in [-0.3, -0.25) is 0 Å². The van der Waals surface area contributed by atoms with Gasteiger partial charge in [0.05, 0.1) is 5.39 Å². The van der Waals surface area contributed by atoms with Crippen LogP contribution in [0.15, 0.2) is 48.9 Å². The number of nitrogens with zero attached hydrogens (tertiary/aromatic N) is 2. The lowest BCUT2D eigenvalue weighted by atomic mass is 9.94. The highest BCUT2D eigenvalue weighted by atomic mass is 15.0. The van der Waals surface area contributed by atoms with Crippen molar-refractivity contribution in [3.63, 3.8) is 0 Å². The molecule has 0 radical (unpaired) electrons. The molecule has 0 amide bonds. The van der Waals surface area contributed by atoms with Crippen molar-refractivity contribution >= 4 is 32.4 Å². The van der Waals surface area contributed by atoms with Gasteiger partial charge in [0.2, 0.25) is 0 Å². The molecule has 1 aliphatic rings. The summed E-state index contributed by atoms with van der Waals surface area (Å²) in [7, 11) is 0. The van der Waals surface area contributed by atoms with Crippen LogP contribution in [0.1, 0.15) is 11.1 Å². The van der Waals surface area contributed by atoms with Crippen LogP contribution in [0.4, 0.5) is 0 Å². The smallest absolute Gasteiger partial charge is 0.225 e. The average Bonchev–Trinajstić information content (AvgIpc) is 2.89. The maximum Gasteiger partial charge on any atom is 0.286 e. The molecule has 0 saturated carbocycles. The summed E-state index contributed by atoms with van der Waals surface area (Å²) >= 11 is 0. The molecule has 94 valence electrons. The fraction of sp³-hybridized carbons (Fsp3) is 0.111. The molecule has 5 rings (SSSR count). The molecule has 2 heterocycles. The molecule has 0 unspecified atom stereocenters. The molecule has 0 aliphatic carbocycles. The second kappa shape index (κ2) is 3.34. The molecule has 0 fully saturated rings. The lowest BCUT2D eigenvalue weighted by Gasteiger charge is -2.07. The molecule has 0 N–H and O–H groups in total. The van der Waals surface area contributed by atoms with Gasteiger partial charge in [-0.05, 0) is 28.6 Å². The van der Waals surface area contributed by atoms with Crippen molar-refractivity contribution < 1.29 is 4.57 Å². The number of hydrogen-bond acceptors (Lipinski definition) is 1. The van der Waals surface area contributed by atoms with Crippen molar-refractivity contribution in [2.45, 2.75) is 13.5 Å². The van der Waals surface area contributed by atoms with E-state index in [1.54, 1.807) is 0 Å². The van der Waals surface area contributed by atoms with Crippen LogP contribution in [0.2, 0.25) is 0 Å². The van der Waals surface area contributed by atoms with Gasteiger partial charge in [-0.1, -0.05) is 41.4 Å². The van der Waals surface area contributed by atoms with Gasteiger partial charge in [-0.25, -0.2) is 4.57 Å². The minimum Gasteiger partial charge on any atom is -0.225 e. The molecular formula is C18H13N2+. The van der Waals surface area contributed by atoms with Gasteiger partial charge in [0.15, 0.2) is 6.20 Å². The van der Waals surface area contributed by atoms with E-state index >= 15 is 0 Å². The van der Waals surface area contributed by atoms with Gasteiger partial charge < -0.3 is 0 Å². The summed E-state index contributed by atoms with van der Waals surface area (Å²) in [4.78, 5) is 4.43. The number of aryl methyl sites for hydroxylation is 1. The van der Waals surface area contributed by atoms with Gasteiger partial charge >= 0.3 is 0 Å². The topological polar surface area (TPSA) is 16.8 Å². The molecule has 0 spiro atoms. The average molecular weight is 257 g/mol. The van der Waals surface area contributed by atoms with Crippen LogP contribution in [0.25, 0.3) is 32.4 Å². The quantitative estimate of drug-likeness (QED) is 0.306. The first-order chi connectivity index (χ1) is 9.84. The summed E-state index contributed by atoms with van der Waals surface area (Å²) in [6.45, 7) is 3.15. The summed E-state index contributed by atoms with van der Waals surface area (Å²) in [5.41, 5.74) is 4.16. The van der Waals surface area contributed by atoms with Crippen LogP contribution in [0, 0.1) is 6.92 Å². The zero-order valence-corrected chi connectivity index (χ0v) is 11.2. The van der Waals surface area contributed by atoms with Crippen LogP contribution in [-0.4, -0.2) is 4.98 Å². The van der Waals surface area contributed by atoms with Gasteiger partial charge in [0, 0.05) is 10.9 Å². The summed E-state index contributed by atoms with van der Waals surface area (Å²) in [6, 6.07) is 13.2. The van der Waals surface area contributed by atoms with E-state index in [4.69, 9.17) is 0 Å². The Morgan fingerprint density at radius 2 is 1.75 bits per heavy atom. The zero-order valence-electron chi connectivity index (χ0n) is 11.2. The lowest BCUT2D eigenvalue weighted by molar-refractivity contribution is -0.660. The van der Waals surface area contributed by atoms with Crippen LogP contribution in [-0.2, 0) is 6.54 Å². The Morgan fingerprint density at radius 1 is 0.950 bits per heavy atom. The fourth-order valence-electron chi connectivity index (χ4n) is 3.63. The number of rotatable bonds is 0. The van der Waals surface area contributed by atoms with Crippen LogP contribution >= 0.6 is 0 Å². The maximum absolute atomic E-state index is 4.43. The van der Waals surface area contributed by atoms with Crippen molar-refractivity contribution in [1.29, 1.82) is 0 Å². The van der Waals surface area contributed by atoms with Crippen molar-refractivity contribution in [3.8, 4) is 0 Å². The minimum absolute atomic E-state index is 0.944. The molecule has 20 heavy (non-hydrogen) atoms. The number of hydrogen-bond donors (Lipinski definition) is 0. The van der Waals surface area contributed by atoms with Crippen LogP contribution in [0.5, 0.6) is 0 Å². The van der Waals surface area contributed by atoms with E-state index < -0.39 is 0 Å². The molecule has 2 nitrogen and oxygen atoms in total. The molecule has 4 aromatic rings. The molecule has 1 aromatic heterocycles. The molecule has 0 saturated heterocycles. The van der Waals surface area contributed by atoms with Crippen molar-refractivity contribution in [2.75, 3.05) is 0 Å². The second-order valence-electron chi connectivity index (χ2n) is 5.61. The monoisotopic (exact) mass is 257 g/mol. The Morgan fingerprint density at radius 3 is 2.60 bits per heavy atom. The molecule has 0 atom stereocenters. The molecule has 2 heteroatoms. The minimum atomic E-state index is 0.944. The third-order valence-corrected chi connectivity index (χ3v) is 4.57. The third kappa shape index (κ3) is 1.06. The van der Waals surface area contributed by atoms with Crippen molar-refractivity contribution in [2.24, 2.45) is 0 Å².